The molecule has 16 heteroatoms. The number of nitrogens with zero attached hydrogens (tertiary/aromatic N) is 3. The number of nitro groups is 1. The summed E-state index contributed by atoms with van der Waals surface area (Å²) in [6.07, 6.45) is 1.91. The van der Waals surface area contributed by atoms with Crippen LogP contribution in [0.15, 0.2) is 99.5 Å². The van der Waals surface area contributed by atoms with E-state index in [1.165, 1.54) is 55.6 Å². The van der Waals surface area contributed by atoms with E-state index in [1.54, 1.807) is 30.3 Å². The largest absolute Gasteiger partial charge is 0.503 e. The van der Waals surface area contributed by atoms with Gasteiger partial charge in [0.1, 0.15) is 5.82 Å². The number of hydrazine groups is 1. The van der Waals surface area contributed by atoms with Crippen LogP contribution in [0.3, 0.4) is 0 Å². The van der Waals surface area contributed by atoms with Crippen LogP contribution in [0.4, 0.5) is 21.5 Å². The molecule has 1 saturated carbocycles. The van der Waals surface area contributed by atoms with E-state index in [9.17, 15) is 34.0 Å². The number of benzene rings is 4. The number of halogens is 4. The molecule has 2 aliphatic heterocycles. The lowest BCUT2D eigenvalue weighted by atomic mass is 9.49. The Kier molecular flexibility index (Phi) is 9.09. The summed E-state index contributed by atoms with van der Waals surface area (Å²) >= 11 is 13.5. The maximum atomic E-state index is 15.4. The SMILES string of the molecule is COc1cc(C2C3=CCC4C(=O)N(c5cccc([N+](=O)[O-])c5)C(=O)C4C3CC3C(=O)N(Nc4ccc(F)cc4)C(=O)C32c2ccc(Cl)cc2)c(Br)c(Br)c1O. The number of nitrogens with one attached hydrogen (secondary N) is 1. The number of carbonyl (C=O) groups excluding carboxylic acids is 4. The van der Waals surface area contributed by atoms with Crippen molar-refractivity contribution in [2.24, 2.45) is 23.7 Å². The Morgan fingerprint density at radius 1 is 0.964 bits per heavy atom. The minimum absolute atomic E-state index is 0.0336. The van der Waals surface area contributed by atoms with Crippen molar-refractivity contribution in [2.45, 2.75) is 24.2 Å². The van der Waals surface area contributed by atoms with Crippen LogP contribution in [0.5, 0.6) is 11.5 Å². The van der Waals surface area contributed by atoms with E-state index in [1.807, 2.05) is 6.08 Å². The number of anilines is 2. The minimum Gasteiger partial charge on any atom is -0.503 e. The first-order valence-corrected chi connectivity index (χ1v) is 19.0. The van der Waals surface area contributed by atoms with Gasteiger partial charge >= 0.3 is 0 Å². The summed E-state index contributed by atoms with van der Waals surface area (Å²) in [5, 5.41) is 23.9. The lowest BCUT2D eigenvalue weighted by Gasteiger charge is -2.51. The van der Waals surface area contributed by atoms with E-state index in [4.69, 9.17) is 16.3 Å². The maximum absolute atomic E-state index is 15.4. The number of methoxy groups -OCH3 is 1. The molecule has 280 valence electrons. The van der Waals surface area contributed by atoms with Crippen molar-refractivity contribution < 1.29 is 38.3 Å². The lowest BCUT2D eigenvalue weighted by Crippen LogP contribution is -2.53. The number of phenolic OH excluding ortho intramolecular Hbond substituents is 1. The van der Waals surface area contributed by atoms with Crippen molar-refractivity contribution in [2.75, 3.05) is 17.4 Å². The highest BCUT2D eigenvalue weighted by atomic mass is 79.9. The molecule has 2 aliphatic carbocycles. The van der Waals surface area contributed by atoms with E-state index in [0.717, 1.165) is 9.91 Å². The number of imide groups is 2. The molecule has 2 N–H and O–H groups in total. The molecule has 4 aliphatic rings. The number of phenols is 1. The van der Waals surface area contributed by atoms with Crippen LogP contribution in [0.2, 0.25) is 5.02 Å². The zero-order valence-electron chi connectivity index (χ0n) is 28.5. The average molecular weight is 895 g/mol. The van der Waals surface area contributed by atoms with Crippen molar-refractivity contribution >= 4 is 84.2 Å². The number of ether oxygens (including phenoxy) is 1. The third-order valence-corrected chi connectivity index (χ3v) is 13.7. The van der Waals surface area contributed by atoms with Crippen molar-refractivity contribution in [1.29, 1.82) is 0 Å². The Labute approximate surface area is 334 Å². The van der Waals surface area contributed by atoms with Crippen LogP contribution >= 0.6 is 43.5 Å². The van der Waals surface area contributed by atoms with Gasteiger partial charge in [0.15, 0.2) is 11.5 Å². The summed E-state index contributed by atoms with van der Waals surface area (Å²) in [7, 11) is 1.37. The first kappa shape index (κ1) is 36.8. The molecule has 4 aromatic rings. The molecular formula is C39H28Br2ClFN4O8. The highest BCUT2D eigenvalue weighted by Crippen LogP contribution is 2.65. The quantitative estimate of drug-likeness (QED) is 0.0817. The van der Waals surface area contributed by atoms with E-state index >= 15 is 4.79 Å². The second-order valence-corrected chi connectivity index (χ2v) is 15.8. The number of aromatic hydroxyl groups is 1. The molecule has 0 spiro atoms. The van der Waals surface area contributed by atoms with Crippen LogP contribution < -0.4 is 15.1 Å². The number of amides is 4. The van der Waals surface area contributed by atoms with Crippen molar-refractivity contribution in [3.8, 4) is 11.5 Å². The van der Waals surface area contributed by atoms with E-state index in [2.05, 4.69) is 37.3 Å². The van der Waals surface area contributed by atoms with Gasteiger partial charge in [-0.15, -0.1) is 0 Å². The van der Waals surface area contributed by atoms with Crippen molar-refractivity contribution in [1.82, 2.24) is 5.01 Å². The number of rotatable bonds is 7. The number of carbonyl (C=O) groups is 4. The number of hydrogen-bond acceptors (Lipinski definition) is 9. The first-order chi connectivity index (χ1) is 26.3. The van der Waals surface area contributed by atoms with Gasteiger partial charge in [0, 0.05) is 27.5 Å². The summed E-state index contributed by atoms with van der Waals surface area (Å²) in [5.74, 6) is -7.79. The van der Waals surface area contributed by atoms with E-state index in [-0.39, 0.29) is 45.9 Å². The van der Waals surface area contributed by atoms with Gasteiger partial charge in [-0.05, 0) is 110 Å². The summed E-state index contributed by atoms with van der Waals surface area (Å²) < 4.78 is 20.1. The fourth-order valence-corrected chi connectivity index (χ4v) is 10.1. The molecule has 4 aromatic carbocycles. The number of nitro benzene ring substituents is 1. The number of fused-ring (bicyclic) bond motifs is 4. The van der Waals surface area contributed by atoms with Crippen molar-refractivity contribution in [3.05, 3.63) is 132 Å². The maximum Gasteiger partial charge on any atom is 0.271 e. The zero-order chi connectivity index (χ0) is 39.1. The number of non-ortho nitro benzene ring substituents is 1. The molecule has 55 heavy (non-hydrogen) atoms. The normalized spacial score (nSPS) is 25.7. The molecule has 3 fully saturated rings. The number of allylic oxidation sites excluding steroid dienone is 2. The fourth-order valence-electron chi connectivity index (χ4n) is 8.98. The van der Waals surface area contributed by atoms with Crippen molar-refractivity contribution in [3.63, 3.8) is 0 Å². The minimum atomic E-state index is -1.70. The fraction of sp³-hybridized carbons (Fsp3) is 0.231. The molecule has 2 saturated heterocycles. The standard InChI is InChI=1S/C39H28Br2ClFN4O8/c1-55-29-17-27(32(40)33(41)34(29)48)31-24-13-14-25-30(37(51)45(35(25)49)22-3-2-4-23(15-22)47(53)54)26(24)16-28-36(50)46(44-21-11-9-20(43)10-12-21)38(52)39(28,31)18-5-7-19(42)8-6-18/h2-13,15,17,25-26,28,30-31,44,48H,14,16H2,1H3. The third-order valence-electron chi connectivity index (χ3n) is 11.3. The van der Waals surface area contributed by atoms with Gasteiger partial charge < -0.3 is 9.84 Å². The molecule has 6 unspecified atom stereocenters. The summed E-state index contributed by atoms with van der Waals surface area (Å²) in [5.41, 5.74) is 2.72. The van der Waals surface area contributed by atoms with Crippen LogP contribution in [-0.4, -0.2) is 45.8 Å². The second-order valence-electron chi connectivity index (χ2n) is 13.8. The smallest absolute Gasteiger partial charge is 0.271 e. The molecule has 0 bridgehead atoms. The van der Waals surface area contributed by atoms with Gasteiger partial charge in [-0.1, -0.05) is 41.4 Å². The molecular weight excluding hydrogens is 867 g/mol. The van der Waals surface area contributed by atoms with Gasteiger partial charge in [-0.2, -0.15) is 5.01 Å². The molecule has 8 rings (SSSR count). The molecule has 0 radical (unpaired) electrons. The monoisotopic (exact) mass is 892 g/mol. The Hall–Kier alpha value is -5.12. The van der Waals surface area contributed by atoms with Gasteiger partial charge in [0.05, 0.1) is 51.0 Å². The Balaban J connectivity index is 1.36. The third kappa shape index (κ3) is 5.49. The molecule has 0 aromatic heterocycles. The van der Waals surface area contributed by atoms with Crippen LogP contribution in [0.1, 0.15) is 29.9 Å². The average Bonchev–Trinajstić information content (AvgIpc) is 3.56. The summed E-state index contributed by atoms with van der Waals surface area (Å²) in [6.45, 7) is 0. The van der Waals surface area contributed by atoms with Crippen LogP contribution in [0, 0.1) is 39.6 Å². The molecule has 4 amide bonds. The predicted octanol–water partition coefficient (Wildman–Crippen LogP) is 7.82. The summed E-state index contributed by atoms with van der Waals surface area (Å²) in [6, 6.07) is 18.6. The van der Waals surface area contributed by atoms with Gasteiger partial charge in [-0.3, -0.25) is 34.7 Å². The lowest BCUT2D eigenvalue weighted by molar-refractivity contribution is -0.384. The van der Waals surface area contributed by atoms with E-state index < -0.39 is 69.4 Å². The Morgan fingerprint density at radius 2 is 1.67 bits per heavy atom. The highest BCUT2D eigenvalue weighted by molar-refractivity contribution is 9.13. The Morgan fingerprint density at radius 3 is 2.35 bits per heavy atom. The topological polar surface area (TPSA) is 159 Å². The Bertz CT molecular complexity index is 2380. The van der Waals surface area contributed by atoms with Crippen LogP contribution in [-0.2, 0) is 24.6 Å². The molecule has 6 atom stereocenters. The van der Waals surface area contributed by atoms with Crippen LogP contribution in [0.25, 0.3) is 0 Å². The van der Waals surface area contributed by atoms with E-state index in [0.29, 0.717) is 26.2 Å². The van der Waals surface area contributed by atoms with Gasteiger partial charge in [0.25, 0.3) is 17.5 Å². The van der Waals surface area contributed by atoms with Gasteiger partial charge in [-0.25, -0.2) is 9.29 Å². The summed E-state index contributed by atoms with van der Waals surface area (Å²) in [4.78, 5) is 70.9. The molecule has 2 heterocycles. The first-order valence-electron chi connectivity index (χ1n) is 17.0. The second kappa shape index (κ2) is 13.6. The zero-order valence-corrected chi connectivity index (χ0v) is 32.5. The molecule has 12 nitrogen and oxygen atoms in total. The number of hydrogen-bond donors (Lipinski definition) is 2. The highest BCUT2D eigenvalue weighted by Gasteiger charge is 2.70. The predicted molar refractivity (Wildman–Crippen MR) is 205 cm³/mol. The van der Waals surface area contributed by atoms with Gasteiger partial charge in [0.2, 0.25) is 11.8 Å².